The first-order chi connectivity index (χ1) is 17.9. The number of carbonyl (C=O) groups excluding carboxylic acids is 1. The van der Waals surface area contributed by atoms with E-state index < -0.39 is 0 Å². The minimum atomic E-state index is -0.135. The van der Waals surface area contributed by atoms with Crippen LogP contribution < -0.4 is 10.6 Å². The fraction of sp³-hybridized carbons (Fsp3) is 0.562. The third kappa shape index (κ3) is 6.02. The fourth-order valence-corrected chi connectivity index (χ4v) is 6.06. The molecule has 2 aromatic heterocycles. The Morgan fingerprint density at radius 2 is 1.70 bits per heavy atom. The van der Waals surface area contributed by atoms with Crippen molar-refractivity contribution in [1.82, 2.24) is 14.9 Å². The second-order valence-electron chi connectivity index (χ2n) is 11.6. The lowest BCUT2D eigenvalue weighted by Crippen LogP contribution is -2.44. The maximum atomic E-state index is 13.3. The van der Waals surface area contributed by atoms with E-state index in [4.69, 9.17) is 4.98 Å². The van der Waals surface area contributed by atoms with Gasteiger partial charge in [-0.05, 0) is 66.3 Å². The fourth-order valence-electron chi connectivity index (χ4n) is 6.06. The smallest absolute Gasteiger partial charge is 0.319 e. The Hall–Kier alpha value is -2.82. The van der Waals surface area contributed by atoms with E-state index >= 15 is 0 Å². The number of rotatable bonds is 11. The van der Waals surface area contributed by atoms with Gasteiger partial charge in [0.25, 0.3) is 0 Å². The number of pyridine rings is 1. The van der Waals surface area contributed by atoms with Gasteiger partial charge in [0, 0.05) is 30.0 Å². The van der Waals surface area contributed by atoms with Crippen LogP contribution in [0.5, 0.6) is 0 Å². The van der Waals surface area contributed by atoms with Crippen LogP contribution in [0.25, 0.3) is 11.0 Å². The molecule has 2 N–H and O–H groups in total. The summed E-state index contributed by atoms with van der Waals surface area (Å²) in [6.07, 6.45) is 14.8. The number of anilines is 1. The molecule has 4 rings (SSSR count). The van der Waals surface area contributed by atoms with Crippen LogP contribution in [0.3, 0.4) is 0 Å². The van der Waals surface area contributed by atoms with E-state index in [2.05, 4.69) is 80.3 Å². The number of nitrogens with zero attached hydrogens (tertiary/aromatic N) is 2. The van der Waals surface area contributed by atoms with Crippen molar-refractivity contribution in [3.63, 3.8) is 0 Å². The van der Waals surface area contributed by atoms with E-state index in [9.17, 15) is 4.79 Å². The average molecular weight is 503 g/mol. The van der Waals surface area contributed by atoms with Crippen molar-refractivity contribution in [3.05, 3.63) is 59.4 Å². The lowest BCUT2D eigenvalue weighted by molar-refractivity contribution is 0.239. The predicted molar refractivity (Wildman–Crippen MR) is 156 cm³/mol. The molecule has 0 radical (unpaired) electrons. The number of carbonyl (C=O) groups is 1. The van der Waals surface area contributed by atoms with E-state index in [1.54, 1.807) is 0 Å². The Balaban J connectivity index is 1.56. The molecule has 0 atom stereocenters. The van der Waals surface area contributed by atoms with Gasteiger partial charge in [0.1, 0.15) is 5.65 Å². The monoisotopic (exact) mass is 502 g/mol. The first-order valence-electron chi connectivity index (χ1n) is 14.5. The van der Waals surface area contributed by atoms with Gasteiger partial charge in [-0.3, -0.25) is 0 Å². The van der Waals surface area contributed by atoms with Crippen LogP contribution in [0, 0.1) is 0 Å². The minimum Gasteiger partial charge on any atom is -0.335 e. The molecule has 0 aliphatic heterocycles. The van der Waals surface area contributed by atoms with Gasteiger partial charge in [0.2, 0.25) is 0 Å². The van der Waals surface area contributed by atoms with Crippen LogP contribution in [0.4, 0.5) is 10.5 Å². The number of amides is 2. The van der Waals surface area contributed by atoms with E-state index in [1.807, 2.05) is 12.3 Å². The molecule has 2 heterocycles. The highest BCUT2D eigenvalue weighted by Crippen LogP contribution is 2.40. The van der Waals surface area contributed by atoms with Crippen LogP contribution in [0.1, 0.15) is 115 Å². The molecular weight excluding hydrogens is 456 g/mol. The van der Waals surface area contributed by atoms with Gasteiger partial charge in [-0.1, -0.05) is 84.9 Å². The van der Waals surface area contributed by atoms with E-state index in [1.165, 1.54) is 60.6 Å². The summed E-state index contributed by atoms with van der Waals surface area (Å²) in [6, 6.07) is 10.5. The standard InChI is InChI=1S/C32H46N4O/c1-6-7-8-9-14-25-21-36(30-28(25)17-13-20-33-30)32(18-10-11-19-32)22-34-31(37)35-29-26(23(2)3)15-12-16-27(29)24(4)5/h12-13,15-17,20-21,23-24H,6-11,14,18-19,22H2,1-5H3,(H2,34,35,37). The first kappa shape index (κ1) is 27.2. The molecule has 1 aliphatic rings. The number of unbranched alkanes of at least 4 members (excludes halogenated alkanes) is 3. The molecule has 1 aromatic carbocycles. The Morgan fingerprint density at radius 3 is 2.35 bits per heavy atom. The maximum absolute atomic E-state index is 13.3. The normalized spacial score (nSPS) is 15.1. The van der Waals surface area contributed by atoms with Crippen molar-refractivity contribution >= 4 is 22.8 Å². The van der Waals surface area contributed by atoms with Crippen LogP contribution in [0.15, 0.2) is 42.7 Å². The van der Waals surface area contributed by atoms with Crippen molar-refractivity contribution in [2.45, 2.75) is 110 Å². The summed E-state index contributed by atoms with van der Waals surface area (Å²) in [6.45, 7) is 11.6. The molecule has 5 nitrogen and oxygen atoms in total. The molecule has 2 amide bonds. The number of hydrogen-bond donors (Lipinski definition) is 2. The summed E-state index contributed by atoms with van der Waals surface area (Å²) in [5.74, 6) is 0.673. The molecule has 3 aromatic rings. The third-order valence-corrected chi connectivity index (χ3v) is 8.18. The summed E-state index contributed by atoms with van der Waals surface area (Å²) in [5, 5.41) is 7.79. The molecule has 1 aliphatic carbocycles. The summed E-state index contributed by atoms with van der Waals surface area (Å²) in [7, 11) is 0. The van der Waals surface area contributed by atoms with Crippen LogP contribution in [-0.4, -0.2) is 22.1 Å². The van der Waals surface area contributed by atoms with Gasteiger partial charge >= 0.3 is 6.03 Å². The number of hydrogen-bond acceptors (Lipinski definition) is 2. The van der Waals surface area contributed by atoms with E-state index in [0.29, 0.717) is 18.4 Å². The highest BCUT2D eigenvalue weighted by molar-refractivity contribution is 5.91. The summed E-state index contributed by atoms with van der Waals surface area (Å²) >= 11 is 0. The Bertz CT molecular complexity index is 1160. The van der Waals surface area contributed by atoms with Crippen LogP contribution in [-0.2, 0) is 12.0 Å². The molecule has 0 saturated heterocycles. The van der Waals surface area contributed by atoms with Gasteiger partial charge in [0.15, 0.2) is 0 Å². The number of fused-ring (bicyclic) bond motifs is 1. The van der Waals surface area contributed by atoms with Gasteiger partial charge in [-0.25, -0.2) is 9.78 Å². The van der Waals surface area contributed by atoms with Crippen molar-refractivity contribution in [2.24, 2.45) is 0 Å². The predicted octanol–water partition coefficient (Wildman–Crippen LogP) is 8.50. The molecule has 0 unspecified atom stereocenters. The van der Waals surface area contributed by atoms with Crippen molar-refractivity contribution < 1.29 is 4.79 Å². The third-order valence-electron chi connectivity index (χ3n) is 8.18. The van der Waals surface area contributed by atoms with E-state index in [0.717, 1.165) is 30.6 Å². The number of aromatic nitrogens is 2. The Morgan fingerprint density at radius 1 is 1.00 bits per heavy atom. The number of aryl methyl sites for hydroxylation is 1. The largest absolute Gasteiger partial charge is 0.335 e. The minimum absolute atomic E-state index is 0.120. The molecule has 0 spiro atoms. The van der Waals surface area contributed by atoms with Crippen LogP contribution in [0.2, 0.25) is 0 Å². The van der Waals surface area contributed by atoms with Crippen molar-refractivity contribution in [1.29, 1.82) is 0 Å². The molecule has 1 saturated carbocycles. The van der Waals surface area contributed by atoms with Gasteiger partial charge in [0.05, 0.1) is 5.54 Å². The zero-order valence-electron chi connectivity index (χ0n) is 23.6. The molecule has 0 bridgehead atoms. The zero-order chi connectivity index (χ0) is 26.4. The molecule has 37 heavy (non-hydrogen) atoms. The highest BCUT2D eigenvalue weighted by atomic mass is 16.2. The molecular formula is C32H46N4O. The first-order valence-corrected chi connectivity index (χ1v) is 14.5. The van der Waals surface area contributed by atoms with E-state index in [-0.39, 0.29) is 11.6 Å². The highest BCUT2D eigenvalue weighted by Gasteiger charge is 2.37. The van der Waals surface area contributed by atoms with Crippen LogP contribution >= 0.6 is 0 Å². The average Bonchev–Trinajstić information content (AvgIpc) is 3.51. The maximum Gasteiger partial charge on any atom is 0.319 e. The summed E-state index contributed by atoms with van der Waals surface area (Å²) in [4.78, 5) is 18.1. The lowest BCUT2D eigenvalue weighted by atomic mass is 9.92. The van der Waals surface area contributed by atoms with Crippen molar-refractivity contribution in [3.8, 4) is 0 Å². The second kappa shape index (κ2) is 12.1. The SMILES string of the molecule is CCCCCCc1cn(C2(CNC(=O)Nc3c(C(C)C)cccc3C(C)C)CCCC2)c2ncccc12. The van der Waals surface area contributed by atoms with Gasteiger partial charge < -0.3 is 15.2 Å². The van der Waals surface area contributed by atoms with Gasteiger partial charge in [-0.15, -0.1) is 0 Å². The number of urea groups is 1. The zero-order valence-corrected chi connectivity index (χ0v) is 23.6. The lowest BCUT2D eigenvalue weighted by Gasteiger charge is -2.32. The Labute approximate surface area is 223 Å². The summed E-state index contributed by atoms with van der Waals surface area (Å²) in [5.41, 5.74) is 5.65. The quantitative estimate of drug-likeness (QED) is 0.258. The second-order valence-corrected chi connectivity index (χ2v) is 11.6. The topological polar surface area (TPSA) is 59.0 Å². The Kier molecular flexibility index (Phi) is 8.94. The number of para-hydroxylation sites is 1. The molecule has 200 valence electrons. The number of nitrogens with one attached hydrogen (secondary N) is 2. The molecule has 1 fully saturated rings. The van der Waals surface area contributed by atoms with Crippen molar-refractivity contribution in [2.75, 3.05) is 11.9 Å². The number of benzene rings is 1. The molecule has 5 heteroatoms. The van der Waals surface area contributed by atoms with Gasteiger partial charge in [-0.2, -0.15) is 0 Å². The summed E-state index contributed by atoms with van der Waals surface area (Å²) < 4.78 is 2.41.